The number of rotatable bonds is 2. The van der Waals surface area contributed by atoms with Gasteiger partial charge in [-0.3, -0.25) is 0 Å². The van der Waals surface area contributed by atoms with Crippen LogP contribution < -0.4 is 5.73 Å². The molecule has 0 unspecified atom stereocenters. The zero-order valence-corrected chi connectivity index (χ0v) is 10.6. The van der Waals surface area contributed by atoms with Crippen LogP contribution in [0.5, 0.6) is 0 Å². The molecule has 1 saturated carbocycles. The Bertz CT molecular complexity index is 559. The van der Waals surface area contributed by atoms with E-state index >= 15 is 0 Å². The second-order valence-electron chi connectivity index (χ2n) is 4.83. The molecular formula is C10H16N4O2S. The Hall–Kier alpha value is -1.08. The van der Waals surface area contributed by atoms with Crippen LogP contribution in [0.1, 0.15) is 30.1 Å². The van der Waals surface area contributed by atoms with Gasteiger partial charge in [0.05, 0.1) is 24.5 Å². The molecule has 2 aliphatic rings. The quantitative estimate of drug-likeness (QED) is 0.814. The maximum atomic E-state index is 11.5. The van der Waals surface area contributed by atoms with Crippen LogP contribution in [0, 0.1) is 0 Å². The van der Waals surface area contributed by atoms with E-state index in [4.69, 9.17) is 5.73 Å². The molecule has 3 rings (SSSR count). The lowest BCUT2D eigenvalue weighted by Gasteiger charge is -2.23. The van der Waals surface area contributed by atoms with Gasteiger partial charge >= 0.3 is 0 Å². The minimum atomic E-state index is -3.13. The summed E-state index contributed by atoms with van der Waals surface area (Å²) in [6.07, 6.45) is 4.15. The summed E-state index contributed by atoms with van der Waals surface area (Å²) in [5, 5.41) is 4.46. The Morgan fingerprint density at radius 2 is 2.12 bits per heavy atom. The van der Waals surface area contributed by atoms with Crippen molar-refractivity contribution in [3.05, 3.63) is 11.3 Å². The van der Waals surface area contributed by atoms with Crippen LogP contribution in [0.2, 0.25) is 0 Å². The molecule has 1 fully saturated rings. The predicted octanol–water partition coefficient (Wildman–Crippen LogP) is 0.118. The smallest absolute Gasteiger partial charge is 0.211 e. The maximum absolute atomic E-state index is 11.5. The molecular weight excluding hydrogens is 240 g/mol. The van der Waals surface area contributed by atoms with E-state index < -0.39 is 10.0 Å². The summed E-state index contributed by atoms with van der Waals surface area (Å²) >= 11 is 0. The van der Waals surface area contributed by atoms with E-state index in [0.29, 0.717) is 25.6 Å². The van der Waals surface area contributed by atoms with Crippen molar-refractivity contribution in [3.8, 4) is 0 Å². The maximum Gasteiger partial charge on any atom is 0.211 e. The fourth-order valence-electron chi connectivity index (χ4n) is 2.29. The second kappa shape index (κ2) is 3.46. The molecule has 0 radical (unpaired) electrons. The van der Waals surface area contributed by atoms with Gasteiger partial charge in [-0.1, -0.05) is 0 Å². The molecule has 0 saturated heterocycles. The topological polar surface area (TPSA) is 81.2 Å². The summed E-state index contributed by atoms with van der Waals surface area (Å²) in [7, 11) is -3.13. The first-order valence-electron chi connectivity index (χ1n) is 5.77. The highest BCUT2D eigenvalue weighted by Gasteiger charge is 2.32. The van der Waals surface area contributed by atoms with Gasteiger partial charge in [-0.2, -0.15) is 9.40 Å². The van der Waals surface area contributed by atoms with E-state index in [9.17, 15) is 8.42 Å². The third-order valence-corrected chi connectivity index (χ3v) is 4.68. The molecule has 94 valence electrons. The van der Waals surface area contributed by atoms with Crippen LogP contribution >= 0.6 is 0 Å². The van der Waals surface area contributed by atoms with Crippen molar-refractivity contribution in [1.82, 2.24) is 14.1 Å². The minimum absolute atomic E-state index is 0.359. The SMILES string of the molecule is CS(=O)(=O)N1CCc2c(nn(C3CC3)c2N)C1. The number of anilines is 1. The lowest BCUT2D eigenvalue weighted by molar-refractivity contribution is 0.389. The molecule has 1 aliphatic heterocycles. The number of hydrogen-bond acceptors (Lipinski definition) is 4. The highest BCUT2D eigenvalue weighted by Crippen LogP contribution is 2.38. The van der Waals surface area contributed by atoms with E-state index in [1.165, 1.54) is 10.6 Å². The highest BCUT2D eigenvalue weighted by atomic mass is 32.2. The number of sulfonamides is 1. The molecule has 0 bridgehead atoms. The Morgan fingerprint density at radius 1 is 1.41 bits per heavy atom. The summed E-state index contributed by atoms with van der Waals surface area (Å²) in [4.78, 5) is 0. The van der Waals surface area contributed by atoms with Crippen LogP contribution in [0.3, 0.4) is 0 Å². The molecule has 1 aliphatic carbocycles. The number of hydrogen-bond donors (Lipinski definition) is 1. The zero-order valence-electron chi connectivity index (χ0n) is 9.76. The van der Waals surface area contributed by atoms with Gasteiger partial charge in [-0.25, -0.2) is 13.1 Å². The van der Waals surface area contributed by atoms with Crippen LogP contribution in [-0.2, 0) is 23.0 Å². The van der Waals surface area contributed by atoms with Gasteiger partial charge in [-0.05, 0) is 19.3 Å². The van der Waals surface area contributed by atoms with Gasteiger partial charge < -0.3 is 5.73 Å². The first kappa shape index (κ1) is 11.0. The fourth-order valence-corrected chi connectivity index (χ4v) is 3.07. The monoisotopic (exact) mass is 256 g/mol. The molecule has 2 heterocycles. The van der Waals surface area contributed by atoms with Crippen molar-refractivity contribution in [2.45, 2.75) is 31.8 Å². The first-order chi connectivity index (χ1) is 7.97. The normalized spacial score (nSPS) is 21.5. The lowest BCUT2D eigenvalue weighted by atomic mass is 10.1. The van der Waals surface area contributed by atoms with Crippen molar-refractivity contribution in [2.24, 2.45) is 0 Å². The number of aromatic nitrogens is 2. The number of fused-ring (bicyclic) bond motifs is 1. The summed E-state index contributed by atoms with van der Waals surface area (Å²) < 4.78 is 26.3. The highest BCUT2D eigenvalue weighted by molar-refractivity contribution is 7.88. The van der Waals surface area contributed by atoms with Gasteiger partial charge in [0.2, 0.25) is 10.0 Å². The van der Waals surface area contributed by atoms with Crippen LogP contribution in [-0.4, -0.2) is 35.3 Å². The molecule has 2 N–H and O–H groups in total. The summed E-state index contributed by atoms with van der Waals surface area (Å²) in [6.45, 7) is 0.866. The zero-order chi connectivity index (χ0) is 12.2. The van der Waals surface area contributed by atoms with E-state index in [0.717, 1.165) is 29.9 Å². The van der Waals surface area contributed by atoms with E-state index in [-0.39, 0.29) is 0 Å². The number of nitrogens with two attached hydrogens (primary N) is 1. The van der Waals surface area contributed by atoms with Crippen molar-refractivity contribution >= 4 is 15.8 Å². The number of nitrogens with zero attached hydrogens (tertiary/aromatic N) is 3. The van der Waals surface area contributed by atoms with E-state index in [2.05, 4.69) is 5.10 Å². The van der Waals surface area contributed by atoms with Gasteiger partial charge in [0.15, 0.2) is 0 Å². The Labute approximate surface area is 100 Å². The summed E-state index contributed by atoms with van der Waals surface area (Å²) in [6, 6.07) is 0.437. The van der Waals surface area contributed by atoms with Crippen molar-refractivity contribution in [2.75, 3.05) is 18.5 Å². The minimum Gasteiger partial charge on any atom is -0.384 e. The van der Waals surface area contributed by atoms with E-state index in [1.54, 1.807) is 0 Å². The van der Waals surface area contributed by atoms with Crippen molar-refractivity contribution in [1.29, 1.82) is 0 Å². The Kier molecular flexibility index (Phi) is 2.24. The molecule has 0 atom stereocenters. The average molecular weight is 256 g/mol. The predicted molar refractivity (Wildman–Crippen MR) is 63.9 cm³/mol. The average Bonchev–Trinajstić information content (AvgIpc) is 3.03. The molecule has 0 spiro atoms. The van der Waals surface area contributed by atoms with Crippen molar-refractivity contribution in [3.63, 3.8) is 0 Å². The standard InChI is InChI=1S/C10H16N4O2S/c1-17(15,16)13-5-4-8-9(6-13)12-14(10(8)11)7-2-3-7/h7H,2-6,11H2,1H3. The summed E-state index contributed by atoms with van der Waals surface area (Å²) in [5.74, 6) is 0.732. The molecule has 6 nitrogen and oxygen atoms in total. The van der Waals surface area contributed by atoms with Crippen LogP contribution in [0.4, 0.5) is 5.82 Å². The van der Waals surface area contributed by atoms with Crippen LogP contribution in [0.25, 0.3) is 0 Å². The largest absolute Gasteiger partial charge is 0.384 e. The Morgan fingerprint density at radius 3 is 2.71 bits per heavy atom. The first-order valence-corrected chi connectivity index (χ1v) is 7.62. The van der Waals surface area contributed by atoms with Gasteiger partial charge in [-0.15, -0.1) is 0 Å². The second-order valence-corrected chi connectivity index (χ2v) is 6.82. The third-order valence-electron chi connectivity index (χ3n) is 3.43. The van der Waals surface area contributed by atoms with Gasteiger partial charge in [0.1, 0.15) is 5.82 Å². The Balaban J connectivity index is 1.95. The van der Waals surface area contributed by atoms with Crippen LogP contribution in [0.15, 0.2) is 0 Å². The molecule has 17 heavy (non-hydrogen) atoms. The summed E-state index contributed by atoms with van der Waals surface area (Å²) in [5.41, 5.74) is 7.92. The molecule has 0 aromatic carbocycles. The van der Waals surface area contributed by atoms with Gasteiger partial charge in [0.25, 0.3) is 0 Å². The third kappa shape index (κ3) is 1.83. The van der Waals surface area contributed by atoms with Gasteiger partial charge in [0, 0.05) is 12.1 Å². The molecule has 0 amide bonds. The van der Waals surface area contributed by atoms with E-state index in [1.807, 2.05) is 4.68 Å². The van der Waals surface area contributed by atoms with Crippen molar-refractivity contribution < 1.29 is 8.42 Å². The molecule has 7 heteroatoms. The molecule has 1 aromatic heterocycles. The number of nitrogen functional groups attached to an aromatic ring is 1. The lowest BCUT2D eigenvalue weighted by Crippen LogP contribution is -2.35. The molecule has 1 aromatic rings. The fraction of sp³-hybridized carbons (Fsp3) is 0.700.